The number of fused-ring (bicyclic) bond motifs is 1. The first-order valence-electron chi connectivity index (χ1n) is 11.9. The number of hydrogen-bond donors (Lipinski definition) is 1. The number of rotatable bonds is 7. The molecule has 1 aliphatic heterocycles. The van der Waals surface area contributed by atoms with Gasteiger partial charge in [-0.1, -0.05) is 73.5 Å². The molecule has 0 aromatic heterocycles. The first kappa shape index (κ1) is 20.7. The lowest BCUT2D eigenvalue weighted by Gasteiger charge is -2.37. The lowest BCUT2D eigenvalue weighted by Crippen LogP contribution is -2.50. The van der Waals surface area contributed by atoms with E-state index in [2.05, 4.69) is 35.2 Å². The maximum Gasteiger partial charge on any atom is 0.259 e. The summed E-state index contributed by atoms with van der Waals surface area (Å²) in [5, 5.41) is 11.8. The van der Waals surface area contributed by atoms with Crippen LogP contribution < -0.4 is 0 Å². The predicted molar refractivity (Wildman–Crippen MR) is 122 cm³/mol. The first-order chi connectivity index (χ1) is 15.1. The number of likely N-dealkylation sites (tertiary alicyclic amines) is 1. The summed E-state index contributed by atoms with van der Waals surface area (Å²) in [6.45, 7) is 4.02. The number of likely N-dealkylation sites (N-methyl/N-ethyl adjacent to an activating group) is 1. The fourth-order valence-corrected chi connectivity index (χ4v) is 6.24. The van der Waals surface area contributed by atoms with Crippen LogP contribution in [0.1, 0.15) is 36.8 Å². The van der Waals surface area contributed by atoms with Gasteiger partial charge in [0.25, 0.3) is 5.91 Å². The standard InChI is InChI=1S/C27H34N2O2/c1-28(17-23-24-18-29(19-25(23)24)16-20-10-4-2-5-11-20)26(30)27(31,22-14-8-9-15-22)21-12-6-3-7-13-21/h2-7,10-13,22-25,31H,8-9,14-19H2,1H3/t23-,24-,25?,27+/m1/s1. The molecule has 5 rings (SSSR count). The highest BCUT2D eigenvalue weighted by atomic mass is 16.3. The van der Waals surface area contributed by atoms with Crippen LogP contribution in [0.2, 0.25) is 0 Å². The highest BCUT2D eigenvalue weighted by Crippen LogP contribution is 2.52. The summed E-state index contributed by atoms with van der Waals surface area (Å²) in [6, 6.07) is 20.3. The van der Waals surface area contributed by atoms with E-state index in [4.69, 9.17) is 0 Å². The fourth-order valence-electron chi connectivity index (χ4n) is 6.24. The van der Waals surface area contributed by atoms with Crippen molar-refractivity contribution in [2.75, 3.05) is 26.7 Å². The van der Waals surface area contributed by atoms with Crippen LogP contribution in [0, 0.1) is 23.7 Å². The zero-order valence-corrected chi connectivity index (χ0v) is 18.5. The number of benzene rings is 2. The topological polar surface area (TPSA) is 43.8 Å². The molecule has 3 aliphatic rings. The highest BCUT2D eigenvalue weighted by Gasteiger charge is 2.56. The summed E-state index contributed by atoms with van der Waals surface area (Å²) in [7, 11) is 1.89. The smallest absolute Gasteiger partial charge is 0.259 e. The summed E-state index contributed by atoms with van der Waals surface area (Å²) in [5.74, 6) is 1.86. The molecule has 0 spiro atoms. The van der Waals surface area contributed by atoms with Gasteiger partial charge in [-0.05, 0) is 41.7 Å². The van der Waals surface area contributed by atoms with E-state index in [1.165, 1.54) is 5.56 Å². The minimum absolute atomic E-state index is 0.0184. The summed E-state index contributed by atoms with van der Waals surface area (Å²) in [6.07, 6.45) is 4.05. The van der Waals surface area contributed by atoms with Crippen LogP contribution in [0.5, 0.6) is 0 Å². The van der Waals surface area contributed by atoms with E-state index in [9.17, 15) is 9.90 Å². The van der Waals surface area contributed by atoms with Crippen molar-refractivity contribution in [3.8, 4) is 0 Å². The summed E-state index contributed by atoms with van der Waals surface area (Å²) in [4.78, 5) is 18.0. The van der Waals surface area contributed by atoms with Crippen LogP contribution in [0.25, 0.3) is 0 Å². The zero-order valence-electron chi connectivity index (χ0n) is 18.5. The molecule has 0 bridgehead atoms. The largest absolute Gasteiger partial charge is 0.375 e. The van der Waals surface area contributed by atoms with E-state index in [0.29, 0.717) is 17.8 Å². The van der Waals surface area contributed by atoms with Crippen molar-refractivity contribution in [3.05, 3.63) is 71.8 Å². The van der Waals surface area contributed by atoms with Crippen LogP contribution in [0.3, 0.4) is 0 Å². The van der Waals surface area contributed by atoms with Gasteiger partial charge in [0.05, 0.1) is 0 Å². The maximum atomic E-state index is 13.6. The van der Waals surface area contributed by atoms with Crippen LogP contribution in [-0.2, 0) is 16.9 Å². The zero-order chi connectivity index (χ0) is 21.4. The van der Waals surface area contributed by atoms with Gasteiger partial charge in [-0.2, -0.15) is 0 Å². The maximum absolute atomic E-state index is 13.6. The van der Waals surface area contributed by atoms with E-state index in [-0.39, 0.29) is 11.8 Å². The Labute approximate surface area is 185 Å². The van der Waals surface area contributed by atoms with Crippen molar-refractivity contribution >= 4 is 5.91 Å². The number of hydrogen-bond acceptors (Lipinski definition) is 3. The minimum Gasteiger partial charge on any atom is -0.375 e. The van der Waals surface area contributed by atoms with Crippen LogP contribution >= 0.6 is 0 Å². The fraction of sp³-hybridized carbons (Fsp3) is 0.519. The van der Waals surface area contributed by atoms with E-state index in [0.717, 1.165) is 57.4 Å². The number of piperidine rings is 1. The van der Waals surface area contributed by atoms with Gasteiger partial charge in [-0.15, -0.1) is 0 Å². The molecule has 1 saturated heterocycles. The first-order valence-corrected chi connectivity index (χ1v) is 11.9. The Bertz CT molecular complexity index is 884. The molecule has 1 N–H and O–H groups in total. The minimum atomic E-state index is -1.39. The lowest BCUT2D eigenvalue weighted by molar-refractivity contribution is -0.158. The van der Waals surface area contributed by atoms with Crippen molar-refractivity contribution in [3.63, 3.8) is 0 Å². The van der Waals surface area contributed by atoms with Crippen molar-refractivity contribution in [2.24, 2.45) is 23.7 Å². The van der Waals surface area contributed by atoms with E-state index < -0.39 is 5.60 Å². The monoisotopic (exact) mass is 418 g/mol. The Morgan fingerprint density at radius 2 is 1.58 bits per heavy atom. The van der Waals surface area contributed by atoms with Gasteiger partial charge >= 0.3 is 0 Å². The molecule has 2 aliphatic carbocycles. The summed E-state index contributed by atoms with van der Waals surface area (Å²) < 4.78 is 0. The highest BCUT2D eigenvalue weighted by molar-refractivity contribution is 5.86. The SMILES string of the molecule is CN(C[C@H]1C2CN(Cc3ccccc3)C[C@@H]21)C(=O)[C@](O)(c1ccccc1)C1CCCC1. The van der Waals surface area contributed by atoms with Gasteiger partial charge in [-0.25, -0.2) is 0 Å². The molecular weight excluding hydrogens is 384 g/mol. The van der Waals surface area contributed by atoms with Crippen molar-refractivity contribution in [1.82, 2.24) is 9.80 Å². The number of nitrogens with zero attached hydrogens (tertiary/aromatic N) is 2. The molecule has 164 valence electrons. The third-order valence-electron chi connectivity index (χ3n) is 8.01. The average Bonchev–Trinajstić information content (AvgIpc) is 3.21. The quantitative estimate of drug-likeness (QED) is 0.742. The van der Waals surface area contributed by atoms with Crippen LogP contribution in [0.15, 0.2) is 60.7 Å². The lowest BCUT2D eigenvalue weighted by atomic mass is 9.79. The molecule has 1 amide bonds. The third kappa shape index (κ3) is 3.92. The number of amides is 1. The second kappa shape index (κ2) is 8.40. The van der Waals surface area contributed by atoms with Crippen LogP contribution in [0.4, 0.5) is 0 Å². The molecule has 3 fully saturated rings. The molecule has 1 unspecified atom stereocenters. The molecule has 31 heavy (non-hydrogen) atoms. The Hall–Kier alpha value is -2.17. The molecule has 4 atom stereocenters. The molecular formula is C27H34N2O2. The second-order valence-electron chi connectivity index (χ2n) is 9.97. The van der Waals surface area contributed by atoms with Gasteiger partial charge in [0.2, 0.25) is 0 Å². The Balaban J connectivity index is 1.22. The second-order valence-corrected chi connectivity index (χ2v) is 9.97. The predicted octanol–water partition coefficient (Wildman–Crippen LogP) is 3.90. The van der Waals surface area contributed by atoms with Gasteiger partial charge < -0.3 is 10.0 Å². The van der Waals surface area contributed by atoms with Gasteiger partial charge in [0.15, 0.2) is 5.60 Å². The van der Waals surface area contributed by atoms with Gasteiger partial charge in [0, 0.05) is 39.1 Å². The molecule has 2 aromatic rings. The molecule has 4 nitrogen and oxygen atoms in total. The third-order valence-corrected chi connectivity index (χ3v) is 8.01. The van der Waals surface area contributed by atoms with E-state index in [1.807, 2.05) is 42.3 Å². The Kier molecular flexibility index (Phi) is 5.61. The van der Waals surface area contributed by atoms with Gasteiger partial charge in [-0.3, -0.25) is 9.69 Å². The molecule has 0 radical (unpaired) electrons. The van der Waals surface area contributed by atoms with Crippen molar-refractivity contribution in [1.29, 1.82) is 0 Å². The van der Waals surface area contributed by atoms with E-state index in [1.54, 1.807) is 0 Å². The number of aliphatic hydroxyl groups is 1. The Morgan fingerprint density at radius 1 is 1.00 bits per heavy atom. The number of carbonyl (C=O) groups excluding carboxylic acids is 1. The van der Waals surface area contributed by atoms with Crippen molar-refractivity contribution in [2.45, 2.75) is 37.8 Å². The molecule has 4 heteroatoms. The van der Waals surface area contributed by atoms with Gasteiger partial charge in [0.1, 0.15) is 0 Å². The summed E-state index contributed by atoms with van der Waals surface area (Å²) >= 11 is 0. The average molecular weight is 419 g/mol. The molecule has 1 heterocycles. The summed E-state index contributed by atoms with van der Waals surface area (Å²) in [5.41, 5.74) is 0.733. The normalized spacial score (nSPS) is 27.6. The number of carbonyl (C=O) groups is 1. The molecule has 2 aromatic carbocycles. The molecule has 2 saturated carbocycles. The van der Waals surface area contributed by atoms with Crippen LogP contribution in [-0.4, -0.2) is 47.5 Å². The van der Waals surface area contributed by atoms with E-state index >= 15 is 0 Å². The van der Waals surface area contributed by atoms with Crippen molar-refractivity contribution < 1.29 is 9.90 Å². The Morgan fingerprint density at radius 3 is 2.19 bits per heavy atom.